The standard InChI is InChI=1S/C13H19NO/c1-2-3-4-5-13(15)11-8-10-6-7-12(11)14-9-10/h10-12,14H,4-9H2,1H3. The lowest BCUT2D eigenvalue weighted by molar-refractivity contribution is -0.126. The fourth-order valence-electron chi connectivity index (χ4n) is 2.86. The van der Waals surface area contributed by atoms with Crippen molar-refractivity contribution in [3.8, 4) is 11.8 Å². The predicted molar refractivity (Wildman–Crippen MR) is 60.3 cm³/mol. The van der Waals surface area contributed by atoms with Crippen molar-refractivity contribution in [1.82, 2.24) is 5.32 Å². The Hall–Kier alpha value is -0.810. The highest BCUT2D eigenvalue weighted by Crippen LogP contribution is 2.34. The van der Waals surface area contributed by atoms with Crippen LogP contribution in [0.3, 0.4) is 0 Å². The Bertz CT molecular complexity index is 291. The average molecular weight is 205 g/mol. The Balaban J connectivity index is 1.87. The number of piperidine rings is 2. The summed E-state index contributed by atoms with van der Waals surface area (Å²) >= 11 is 0. The molecule has 3 unspecified atom stereocenters. The lowest BCUT2D eigenvalue weighted by Gasteiger charge is -2.42. The summed E-state index contributed by atoms with van der Waals surface area (Å²) in [6.45, 7) is 2.96. The zero-order chi connectivity index (χ0) is 10.7. The lowest BCUT2D eigenvalue weighted by atomic mass is 9.72. The summed E-state index contributed by atoms with van der Waals surface area (Å²) in [5, 5.41) is 3.48. The predicted octanol–water partition coefficient (Wildman–Crippen LogP) is 1.75. The summed E-state index contributed by atoms with van der Waals surface area (Å²) < 4.78 is 0. The Morgan fingerprint density at radius 1 is 1.47 bits per heavy atom. The first-order valence-corrected chi connectivity index (χ1v) is 5.97. The number of Topliss-reactive ketones (excluding diaryl/α,β-unsaturated/α-hetero) is 1. The van der Waals surface area contributed by atoms with Crippen LogP contribution in [-0.4, -0.2) is 18.4 Å². The Kier molecular flexibility index (Phi) is 3.43. The van der Waals surface area contributed by atoms with Crippen LogP contribution in [0, 0.1) is 23.7 Å². The molecule has 0 aromatic heterocycles. The van der Waals surface area contributed by atoms with E-state index < -0.39 is 0 Å². The molecule has 2 saturated heterocycles. The summed E-state index contributed by atoms with van der Waals surface area (Å²) in [6, 6.07) is 0.470. The van der Waals surface area contributed by atoms with Crippen LogP contribution in [0.2, 0.25) is 0 Å². The molecule has 1 aliphatic carbocycles. The number of ketones is 1. The van der Waals surface area contributed by atoms with Crippen LogP contribution in [0.25, 0.3) is 0 Å². The van der Waals surface area contributed by atoms with E-state index >= 15 is 0 Å². The molecule has 2 heteroatoms. The van der Waals surface area contributed by atoms with Gasteiger partial charge in [-0.25, -0.2) is 0 Å². The van der Waals surface area contributed by atoms with E-state index in [1.807, 2.05) is 6.92 Å². The van der Waals surface area contributed by atoms with Gasteiger partial charge in [0.2, 0.25) is 0 Å². The van der Waals surface area contributed by atoms with Gasteiger partial charge in [0.05, 0.1) is 0 Å². The van der Waals surface area contributed by atoms with Crippen molar-refractivity contribution < 1.29 is 4.79 Å². The molecular formula is C13H19NO. The third-order valence-corrected chi connectivity index (χ3v) is 3.71. The second kappa shape index (κ2) is 4.81. The van der Waals surface area contributed by atoms with E-state index in [0.717, 1.165) is 25.3 Å². The summed E-state index contributed by atoms with van der Waals surface area (Å²) in [4.78, 5) is 12.0. The first kappa shape index (κ1) is 10.7. The second-order valence-corrected chi connectivity index (χ2v) is 4.69. The number of rotatable bonds is 3. The highest BCUT2D eigenvalue weighted by Gasteiger charge is 2.38. The summed E-state index contributed by atoms with van der Waals surface area (Å²) in [6.07, 6.45) is 5.02. The van der Waals surface area contributed by atoms with Crippen molar-refractivity contribution in [1.29, 1.82) is 0 Å². The molecule has 3 atom stereocenters. The van der Waals surface area contributed by atoms with E-state index in [1.54, 1.807) is 0 Å². The fourth-order valence-corrected chi connectivity index (χ4v) is 2.86. The molecule has 0 aromatic rings. The highest BCUT2D eigenvalue weighted by molar-refractivity contribution is 5.82. The zero-order valence-corrected chi connectivity index (χ0v) is 9.38. The molecule has 3 aliphatic rings. The van der Waals surface area contributed by atoms with Gasteiger partial charge in [-0.1, -0.05) is 0 Å². The zero-order valence-electron chi connectivity index (χ0n) is 9.38. The molecule has 2 heterocycles. The van der Waals surface area contributed by atoms with Gasteiger partial charge in [0, 0.05) is 24.8 Å². The third kappa shape index (κ3) is 2.41. The van der Waals surface area contributed by atoms with Crippen molar-refractivity contribution in [3.05, 3.63) is 0 Å². The molecule has 0 radical (unpaired) electrons. The van der Waals surface area contributed by atoms with Gasteiger partial charge in [0.1, 0.15) is 5.78 Å². The van der Waals surface area contributed by atoms with Crippen LogP contribution < -0.4 is 5.32 Å². The number of carbonyl (C=O) groups is 1. The van der Waals surface area contributed by atoms with E-state index in [-0.39, 0.29) is 5.92 Å². The lowest BCUT2D eigenvalue weighted by Crippen LogP contribution is -2.52. The van der Waals surface area contributed by atoms with Crippen molar-refractivity contribution in [2.45, 2.75) is 45.1 Å². The first-order valence-electron chi connectivity index (χ1n) is 5.97. The maximum atomic E-state index is 12.0. The molecule has 0 aromatic carbocycles. The average Bonchev–Trinajstić information content (AvgIpc) is 2.30. The van der Waals surface area contributed by atoms with E-state index in [2.05, 4.69) is 17.2 Å². The van der Waals surface area contributed by atoms with Gasteiger partial charge in [-0.3, -0.25) is 4.79 Å². The molecule has 15 heavy (non-hydrogen) atoms. The smallest absolute Gasteiger partial charge is 0.138 e. The van der Waals surface area contributed by atoms with Gasteiger partial charge < -0.3 is 5.32 Å². The summed E-state index contributed by atoms with van der Waals surface area (Å²) in [7, 11) is 0. The van der Waals surface area contributed by atoms with Crippen LogP contribution >= 0.6 is 0 Å². The number of hydrogen-bond acceptors (Lipinski definition) is 2. The minimum absolute atomic E-state index is 0.288. The van der Waals surface area contributed by atoms with Crippen LogP contribution in [0.4, 0.5) is 0 Å². The molecule has 1 N–H and O–H groups in total. The quantitative estimate of drug-likeness (QED) is 0.711. The molecule has 82 valence electrons. The molecule has 2 bridgehead atoms. The van der Waals surface area contributed by atoms with Crippen LogP contribution in [-0.2, 0) is 4.79 Å². The van der Waals surface area contributed by atoms with Crippen LogP contribution in [0.5, 0.6) is 0 Å². The monoisotopic (exact) mass is 205 g/mol. The van der Waals surface area contributed by atoms with Gasteiger partial charge in [-0.15, -0.1) is 11.8 Å². The molecule has 3 fully saturated rings. The van der Waals surface area contributed by atoms with Crippen molar-refractivity contribution in [3.63, 3.8) is 0 Å². The maximum absolute atomic E-state index is 12.0. The normalized spacial score (nSPS) is 33.3. The van der Waals surface area contributed by atoms with E-state index in [4.69, 9.17) is 0 Å². The van der Waals surface area contributed by atoms with E-state index in [9.17, 15) is 4.79 Å². The largest absolute Gasteiger partial charge is 0.313 e. The minimum atomic E-state index is 0.288. The molecule has 1 saturated carbocycles. The number of fused-ring (bicyclic) bond motifs is 3. The fraction of sp³-hybridized carbons (Fsp3) is 0.769. The molecule has 2 nitrogen and oxygen atoms in total. The van der Waals surface area contributed by atoms with Gasteiger partial charge in [-0.2, -0.15) is 0 Å². The number of carbonyl (C=O) groups excluding carboxylic acids is 1. The minimum Gasteiger partial charge on any atom is -0.313 e. The van der Waals surface area contributed by atoms with Gasteiger partial charge in [0.25, 0.3) is 0 Å². The topological polar surface area (TPSA) is 29.1 Å². The number of nitrogens with one attached hydrogen (secondary N) is 1. The van der Waals surface area contributed by atoms with Crippen LogP contribution in [0.1, 0.15) is 39.0 Å². The van der Waals surface area contributed by atoms with Crippen molar-refractivity contribution in [2.75, 3.05) is 6.54 Å². The summed E-state index contributed by atoms with van der Waals surface area (Å²) in [5.41, 5.74) is 0. The Morgan fingerprint density at radius 3 is 2.87 bits per heavy atom. The molecular weight excluding hydrogens is 186 g/mol. The number of hydrogen-bond donors (Lipinski definition) is 1. The van der Waals surface area contributed by atoms with E-state index in [1.165, 1.54) is 12.8 Å². The van der Waals surface area contributed by atoms with E-state index in [0.29, 0.717) is 18.2 Å². The first-order chi connectivity index (χ1) is 7.31. The molecule has 0 amide bonds. The second-order valence-electron chi connectivity index (χ2n) is 4.69. The van der Waals surface area contributed by atoms with Gasteiger partial charge in [0.15, 0.2) is 0 Å². The molecule has 0 spiro atoms. The molecule has 2 aliphatic heterocycles. The molecule has 3 rings (SSSR count). The maximum Gasteiger partial charge on any atom is 0.138 e. The Labute approximate surface area is 91.8 Å². The van der Waals surface area contributed by atoms with Crippen LogP contribution in [0.15, 0.2) is 0 Å². The summed E-state index contributed by atoms with van der Waals surface area (Å²) in [5.74, 6) is 7.28. The SMILES string of the molecule is CC#CCCC(=O)C1CC2CCC1NC2. The highest BCUT2D eigenvalue weighted by atomic mass is 16.1. The van der Waals surface area contributed by atoms with Crippen molar-refractivity contribution >= 4 is 5.78 Å². The third-order valence-electron chi connectivity index (χ3n) is 3.71. The van der Waals surface area contributed by atoms with Gasteiger partial charge in [-0.05, 0) is 38.6 Å². The van der Waals surface area contributed by atoms with Gasteiger partial charge >= 0.3 is 0 Å². The van der Waals surface area contributed by atoms with Crippen molar-refractivity contribution in [2.24, 2.45) is 11.8 Å². The Morgan fingerprint density at radius 2 is 2.33 bits per heavy atom.